The van der Waals surface area contributed by atoms with Crippen LogP contribution in [0.15, 0.2) is 0 Å². The molecule has 0 aliphatic carbocycles. The summed E-state index contributed by atoms with van der Waals surface area (Å²) in [5, 5.41) is 0. The highest BCUT2D eigenvalue weighted by atomic mass is 16.5. The van der Waals surface area contributed by atoms with Gasteiger partial charge in [-0.2, -0.15) is 0 Å². The molecule has 1 aliphatic heterocycles. The van der Waals surface area contributed by atoms with Crippen molar-refractivity contribution >= 4 is 5.97 Å². The second-order valence-corrected chi connectivity index (χ2v) is 7.33. The van der Waals surface area contributed by atoms with Crippen LogP contribution in [0.4, 0.5) is 0 Å². The number of rotatable bonds is 8. The van der Waals surface area contributed by atoms with Gasteiger partial charge >= 0.3 is 5.97 Å². The Kier molecular flexibility index (Phi) is 7.72. The molecular formula is C18H35NO2. The van der Waals surface area contributed by atoms with Gasteiger partial charge in [0.05, 0.1) is 5.41 Å². The van der Waals surface area contributed by atoms with Gasteiger partial charge in [0.25, 0.3) is 0 Å². The van der Waals surface area contributed by atoms with Gasteiger partial charge < -0.3 is 4.74 Å². The number of hydrogen-bond acceptors (Lipinski definition) is 3. The molecule has 0 aromatic carbocycles. The predicted octanol–water partition coefficient (Wildman–Crippen LogP) is 4.11. The summed E-state index contributed by atoms with van der Waals surface area (Å²) in [6.45, 7) is 14.5. The minimum Gasteiger partial charge on any atom is -0.464 e. The van der Waals surface area contributed by atoms with Crippen molar-refractivity contribution in [2.75, 3.05) is 26.2 Å². The number of nitrogens with zero attached hydrogens (tertiary/aromatic N) is 1. The van der Waals surface area contributed by atoms with Crippen molar-refractivity contribution in [1.82, 2.24) is 4.90 Å². The molecule has 1 aliphatic rings. The lowest BCUT2D eigenvalue weighted by Gasteiger charge is -2.34. The molecule has 1 heterocycles. The molecule has 0 saturated carbocycles. The Bertz CT molecular complexity index is 310. The van der Waals surface area contributed by atoms with Crippen LogP contribution in [-0.2, 0) is 9.53 Å². The van der Waals surface area contributed by atoms with Crippen LogP contribution in [0.2, 0.25) is 0 Å². The first-order valence-electron chi connectivity index (χ1n) is 8.79. The van der Waals surface area contributed by atoms with Gasteiger partial charge in [-0.25, -0.2) is 0 Å². The molecule has 1 rings (SSSR count). The van der Waals surface area contributed by atoms with Crippen molar-refractivity contribution in [2.45, 2.75) is 66.7 Å². The zero-order valence-electron chi connectivity index (χ0n) is 14.8. The number of likely N-dealkylation sites (tertiary alicyclic amines) is 1. The highest BCUT2D eigenvalue weighted by molar-refractivity contribution is 5.76. The van der Waals surface area contributed by atoms with Gasteiger partial charge in [0, 0.05) is 6.54 Å². The smallest absolute Gasteiger partial charge is 0.312 e. The third kappa shape index (κ3) is 5.61. The van der Waals surface area contributed by atoms with Gasteiger partial charge in [0.15, 0.2) is 0 Å². The van der Waals surface area contributed by atoms with Gasteiger partial charge in [-0.05, 0) is 51.1 Å². The first-order chi connectivity index (χ1) is 9.90. The van der Waals surface area contributed by atoms with Gasteiger partial charge in [0.2, 0.25) is 0 Å². The van der Waals surface area contributed by atoms with E-state index in [4.69, 9.17) is 4.74 Å². The lowest BCUT2D eigenvalue weighted by Crippen LogP contribution is -2.39. The number of esters is 1. The van der Waals surface area contributed by atoms with Gasteiger partial charge in [-0.15, -0.1) is 0 Å². The average molecular weight is 297 g/mol. The highest BCUT2D eigenvalue weighted by Crippen LogP contribution is 2.36. The zero-order valence-corrected chi connectivity index (χ0v) is 14.8. The van der Waals surface area contributed by atoms with E-state index in [1.807, 2.05) is 0 Å². The Morgan fingerprint density at radius 2 is 1.81 bits per heavy atom. The van der Waals surface area contributed by atoms with Gasteiger partial charge in [0.1, 0.15) is 6.61 Å². The normalized spacial score (nSPS) is 21.0. The lowest BCUT2D eigenvalue weighted by atomic mass is 9.72. The summed E-state index contributed by atoms with van der Waals surface area (Å²) < 4.78 is 5.64. The third-order valence-electron chi connectivity index (χ3n) is 5.30. The number of piperidine rings is 1. The van der Waals surface area contributed by atoms with Crippen LogP contribution in [-0.4, -0.2) is 37.1 Å². The van der Waals surface area contributed by atoms with E-state index in [-0.39, 0.29) is 11.4 Å². The largest absolute Gasteiger partial charge is 0.464 e. The highest BCUT2D eigenvalue weighted by Gasteiger charge is 2.39. The first kappa shape index (κ1) is 18.5. The monoisotopic (exact) mass is 297 g/mol. The van der Waals surface area contributed by atoms with E-state index in [0.29, 0.717) is 18.4 Å². The van der Waals surface area contributed by atoms with Crippen molar-refractivity contribution in [3.8, 4) is 0 Å². The molecule has 0 spiro atoms. The molecule has 3 nitrogen and oxygen atoms in total. The van der Waals surface area contributed by atoms with Crippen molar-refractivity contribution in [1.29, 1.82) is 0 Å². The van der Waals surface area contributed by atoms with Crippen LogP contribution in [0.25, 0.3) is 0 Å². The predicted molar refractivity (Wildman–Crippen MR) is 88.3 cm³/mol. The number of carbonyl (C=O) groups is 1. The molecule has 0 bridgehead atoms. The molecule has 0 aromatic rings. The molecule has 2 unspecified atom stereocenters. The number of hydrogen-bond donors (Lipinski definition) is 0. The van der Waals surface area contributed by atoms with Crippen molar-refractivity contribution in [3.05, 3.63) is 0 Å². The molecule has 1 fully saturated rings. The van der Waals surface area contributed by atoms with Crippen LogP contribution in [0, 0.1) is 17.3 Å². The van der Waals surface area contributed by atoms with Gasteiger partial charge in [-0.1, -0.05) is 40.5 Å². The summed E-state index contributed by atoms with van der Waals surface area (Å²) in [5.41, 5.74) is -0.350. The van der Waals surface area contributed by atoms with Crippen molar-refractivity contribution in [2.24, 2.45) is 17.3 Å². The maximum atomic E-state index is 12.6. The molecule has 124 valence electrons. The van der Waals surface area contributed by atoms with E-state index in [0.717, 1.165) is 32.5 Å². The fourth-order valence-electron chi connectivity index (χ4n) is 3.04. The first-order valence-corrected chi connectivity index (χ1v) is 8.79. The minimum atomic E-state index is -0.350. The number of ether oxygens (including phenoxy) is 1. The van der Waals surface area contributed by atoms with Crippen LogP contribution in [0.3, 0.4) is 0 Å². The maximum absolute atomic E-state index is 12.6. The van der Waals surface area contributed by atoms with E-state index in [1.54, 1.807) is 0 Å². The molecule has 2 atom stereocenters. The van der Waals surface area contributed by atoms with Crippen molar-refractivity contribution < 1.29 is 9.53 Å². The summed E-state index contributed by atoms with van der Waals surface area (Å²) in [6, 6.07) is 0. The Morgan fingerprint density at radius 1 is 1.19 bits per heavy atom. The molecule has 21 heavy (non-hydrogen) atoms. The van der Waals surface area contributed by atoms with E-state index in [1.165, 1.54) is 19.3 Å². The van der Waals surface area contributed by atoms with E-state index < -0.39 is 0 Å². The summed E-state index contributed by atoms with van der Waals surface area (Å²) in [5.74, 6) is 0.871. The third-order valence-corrected chi connectivity index (χ3v) is 5.30. The molecule has 0 radical (unpaired) electrons. The van der Waals surface area contributed by atoms with Crippen LogP contribution >= 0.6 is 0 Å². The summed E-state index contributed by atoms with van der Waals surface area (Å²) in [6.07, 6.45) is 5.95. The standard InChI is InChI=1S/C18H35NO2/c1-6-16(4)14-18(5,15(2)3)17(20)21-13-12-19-10-8-7-9-11-19/h15-16H,6-14H2,1-5H3. The van der Waals surface area contributed by atoms with Crippen molar-refractivity contribution in [3.63, 3.8) is 0 Å². The summed E-state index contributed by atoms with van der Waals surface area (Å²) in [7, 11) is 0. The Morgan fingerprint density at radius 3 is 2.33 bits per heavy atom. The minimum absolute atomic E-state index is 0.00481. The Labute approximate surface area is 131 Å². The Balaban J connectivity index is 2.44. The fraction of sp³-hybridized carbons (Fsp3) is 0.944. The van der Waals surface area contributed by atoms with Crippen LogP contribution in [0.1, 0.15) is 66.7 Å². The molecular weight excluding hydrogens is 262 g/mol. The maximum Gasteiger partial charge on any atom is 0.312 e. The molecule has 0 amide bonds. The molecule has 3 heteroatoms. The zero-order chi connectivity index (χ0) is 15.9. The topological polar surface area (TPSA) is 29.5 Å². The quantitative estimate of drug-likeness (QED) is 0.631. The molecule has 0 N–H and O–H groups in total. The van der Waals surface area contributed by atoms with Crippen LogP contribution < -0.4 is 0 Å². The fourth-order valence-corrected chi connectivity index (χ4v) is 3.04. The molecule has 1 saturated heterocycles. The van der Waals surface area contributed by atoms with Gasteiger partial charge in [-0.3, -0.25) is 9.69 Å². The van der Waals surface area contributed by atoms with E-state index in [2.05, 4.69) is 39.5 Å². The summed E-state index contributed by atoms with van der Waals surface area (Å²) in [4.78, 5) is 15.0. The van der Waals surface area contributed by atoms with E-state index in [9.17, 15) is 4.79 Å². The summed E-state index contributed by atoms with van der Waals surface area (Å²) >= 11 is 0. The molecule has 0 aromatic heterocycles. The van der Waals surface area contributed by atoms with Crippen LogP contribution in [0.5, 0.6) is 0 Å². The number of carbonyl (C=O) groups excluding carboxylic acids is 1. The second-order valence-electron chi connectivity index (χ2n) is 7.33. The lowest BCUT2D eigenvalue weighted by molar-refractivity contribution is -0.159. The SMILES string of the molecule is CCC(C)CC(C)(C(=O)OCCN1CCCCC1)C(C)C. The Hall–Kier alpha value is -0.570. The van der Waals surface area contributed by atoms with E-state index >= 15 is 0 Å². The average Bonchev–Trinajstić information content (AvgIpc) is 2.47. The second kappa shape index (κ2) is 8.77.